The van der Waals surface area contributed by atoms with Crippen molar-refractivity contribution in [2.75, 3.05) is 0 Å². The average Bonchev–Trinajstić information content (AvgIpc) is 2.40. The first-order valence-electron chi connectivity index (χ1n) is 5.77. The third-order valence-electron chi connectivity index (χ3n) is 2.65. The van der Waals surface area contributed by atoms with Crippen molar-refractivity contribution in [3.05, 3.63) is 59.4 Å². The van der Waals surface area contributed by atoms with Gasteiger partial charge in [0.1, 0.15) is 11.7 Å². The third kappa shape index (κ3) is 3.55. The fourth-order valence-electron chi connectivity index (χ4n) is 1.71. The Morgan fingerprint density at radius 2 is 1.76 bits per heavy atom. The van der Waals surface area contributed by atoms with Crippen molar-refractivity contribution in [1.82, 2.24) is 0 Å². The lowest BCUT2D eigenvalue weighted by atomic mass is 10.1. The maximum Gasteiger partial charge on any atom is 0.417 e. The zero-order valence-corrected chi connectivity index (χ0v) is 11.4. The molecule has 0 spiro atoms. The molecule has 0 fully saturated rings. The van der Waals surface area contributed by atoms with E-state index in [4.69, 9.17) is 11.1 Å². The highest BCUT2D eigenvalue weighted by Gasteiger charge is 2.34. The third-order valence-corrected chi connectivity index (χ3v) is 3.69. The van der Waals surface area contributed by atoms with E-state index in [2.05, 4.69) is 0 Å². The standard InChI is InChI=1S/C14H10F4N2S/c15-11-3-1-2-4-12(11)21-8-5-6-10(14(16,17)18)9(7-8)13(19)20/h1-7H,(H3,19,20). The number of hydrogen-bond donors (Lipinski definition) is 2. The van der Waals surface area contributed by atoms with Gasteiger partial charge in [0, 0.05) is 15.4 Å². The molecule has 0 bridgehead atoms. The normalized spacial score (nSPS) is 11.4. The number of alkyl halides is 3. The molecule has 3 N–H and O–H groups in total. The van der Waals surface area contributed by atoms with Gasteiger partial charge in [-0.05, 0) is 30.3 Å². The van der Waals surface area contributed by atoms with Crippen LogP contribution in [0, 0.1) is 11.2 Å². The second kappa shape index (κ2) is 5.77. The minimum Gasteiger partial charge on any atom is -0.384 e. The molecule has 110 valence electrons. The van der Waals surface area contributed by atoms with E-state index in [1.54, 1.807) is 6.07 Å². The lowest BCUT2D eigenvalue weighted by Crippen LogP contribution is -2.18. The van der Waals surface area contributed by atoms with Crippen LogP contribution in [0.4, 0.5) is 17.6 Å². The fraction of sp³-hybridized carbons (Fsp3) is 0.0714. The summed E-state index contributed by atoms with van der Waals surface area (Å²) < 4.78 is 52.0. The number of nitrogen functional groups attached to an aromatic ring is 1. The lowest BCUT2D eigenvalue weighted by Gasteiger charge is -2.13. The highest BCUT2D eigenvalue weighted by atomic mass is 32.2. The van der Waals surface area contributed by atoms with Crippen molar-refractivity contribution in [2.45, 2.75) is 16.0 Å². The minimum absolute atomic E-state index is 0.284. The molecule has 0 radical (unpaired) electrons. The summed E-state index contributed by atoms with van der Waals surface area (Å²) in [6.45, 7) is 0. The number of rotatable bonds is 3. The number of amidine groups is 1. The van der Waals surface area contributed by atoms with Gasteiger partial charge in [0.25, 0.3) is 0 Å². The summed E-state index contributed by atoms with van der Waals surface area (Å²) in [6, 6.07) is 9.15. The molecule has 0 aliphatic carbocycles. The zero-order valence-electron chi connectivity index (χ0n) is 10.5. The Morgan fingerprint density at radius 3 is 2.33 bits per heavy atom. The molecule has 21 heavy (non-hydrogen) atoms. The summed E-state index contributed by atoms with van der Waals surface area (Å²) in [4.78, 5) is 0.657. The molecular weight excluding hydrogens is 304 g/mol. The molecule has 2 aromatic rings. The Morgan fingerprint density at radius 1 is 1.10 bits per heavy atom. The molecule has 7 heteroatoms. The predicted octanol–water partition coefficient (Wildman–Crippen LogP) is 4.28. The van der Waals surface area contributed by atoms with Crippen molar-refractivity contribution in [3.63, 3.8) is 0 Å². The van der Waals surface area contributed by atoms with Gasteiger partial charge in [-0.25, -0.2) is 4.39 Å². The molecule has 0 aromatic heterocycles. The van der Waals surface area contributed by atoms with Crippen LogP contribution in [0.5, 0.6) is 0 Å². The van der Waals surface area contributed by atoms with Crippen molar-refractivity contribution in [3.8, 4) is 0 Å². The number of nitrogens with two attached hydrogens (primary N) is 1. The molecule has 0 saturated carbocycles. The molecule has 0 saturated heterocycles. The Kier molecular flexibility index (Phi) is 4.22. The molecule has 2 rings (SSSR count). The van der Waals surface area contributed by atoms with Gasteiger partial charge < -0.3 is 5.73 Å². The van der Waals surface area contributed by atoms with Gasteiger partial charge in [-0.15, -0.1) is 0 Å². The second-order valence-corrected chi connectivity index (χ2v) is 5.27. The molecule has 2 nitrogen and oxygen atoms in total. The Bertz CT molecular complexity index is 683. The molecule has 0 atom stereocenters. The monoisotopic (exact) mass is 314 g/mol. The van der Waals surface area contributed by atoms with Crippen LogP contribution in [-0.2, 0) is 6.18 Å². The Hall–Kier alpha value is -2.02. The predicted molar refractivity (Wildman–Crippen MR) is 73.0 cm³/mol. The Balaban J connectivity index is 2.42. The summed E-state index contributed by atoms with van der Waals surface area (Å²) in [5.74, 6) is -1.15. The number of halogens is 4. The molecule has 0 unspecified atom stereocenters. The first-order valence-corrected chi connectivity index (χ1v) is 6.58. The van der Waals surface area contributed by atoms with Gasteiger partial charge in [-0.2, -0.15) is 13.2 Å². The summed E-state index contributed by atoms with van der Waals surface area (Å²) >= 11 is 0.971. The van der Waals surface area contributed by atoms with E-state index >= 15 is 0 Å². The smallest absolute Gasteiger partial charge is 0.384 e. The SMILES string of the molecule is N=C(N)c1cc(Sc2ccccc2F)ccc1C(F)(F)F. The van der Waals surface area contributed by atoms with Gasteiger partial charge in [0.2, 0.25) is 0 Å². The highest BCUT2D eigenvalue weighted by Crippen LogP contribution is 2.36. The van der Waals surface area contributed by atoms with Crippen LogP contribution in [-0.4, -0.2) is 5.84 Å². The van der Waals surface area contributed by atoms with Crippen molar-refractivity contribution in [1.29, 1.82) is 5.41 Å². The van der Waals surface area contributed by atoms with Crippen LogP contribution in [0.25, 0.3) is 0 Å². The van der Waals surface area contributed by atoms with Crippen LogP contribution in [0.2, 0.25) is 0 Å². The number of nitrogens with one attached hydrogen (secondary N) is 1. The summed E-state index contributed by atoms with van der Waals surface area (Å²) in [5, 5.41) is 7.27. The summed E-state index contributed by atoms with van der Waals surface area (Å²) in [5.41, 5.74) is 3.81. The van der Waals surface area contributed by atoms with E-state index in [1.807, 2.05) is 0 Å². The molecule has 0 aliphatic rings. The van der Waals surface area contributed by atoms with Crippen LogP contribution >= 0.6 is 11.8 Å². The quantitative estimate of drug-likeness (QED) is 0.505. The van der Waals surface area contributed by atoms with Crippen molar-refractivity contribution >= 4 is 17.6 Å². The van der Waals surface area contributed by atoms with Crippen LogP contribution in [0.15, 0.2) is 52.3 Å². The number of hydrogen-bond acceptors (Lipinski definition) is 2. The van der Waals surface area contributed by atoms with Gasteiger partial charge >= 0.3 is 6.18 Å². The average molecular weight is 314 g/mol. The van der Waals surface area contributed by atoms with Crippen molar-refractivity contribution < 1.29 is 17.6 Å². The van der Waals surface area contributed by atoms with E-state index in [0.29, 0.717) is 4.90 Å². The first kappa shape index (κ1) is 15.4. The van der Waals surface area contributed by atoms with E-state index in [0.717, 1.165) is 23.9 Å². The van der Waals surface area contributed by atoms with E-state index < -0.39 is 29.0 Å². The first-order chi connectivity index (χ1) is 9.79. The molecular formula is C14H10F4N2S. The summed E-state index contributed by atoms with van der Waals surface area (Å²) in [6.07, 6.45) is -4.60. The number of benzene rings is 2. The van der Waals surface area contributed by atoms with Gasteiger partial charge in [0.15, 0.2) is 0 Å². The fourth-order valence-corrected chi connectivity index (χ4v) is 2.59. The van der Waals surface area contributed by atoms with E-state index in [9.17, 15) is 17.6 Å². The zero-order chi connectivity index (χ0) is 15.6. The summed E-state index contributed by atoms with van der Waals surface area (Å²) in [7, 11) is 0. The van der Waals surface area contributed by atoms with Gasteiger partial charge in [-0.1, -0.05) is 23.9 Å². The Labute approximate surface area is 122 Å². The van der Waals surface area contributed by atoms with Crippen molar-refractivity contribution in [2.24, 2.45) is 5.73 Å². The van der Waals surface area contributed by atoms with Crippen LogP contribution in [0.3, 0.4) is 0 Å². The lowest BCUT2D eigenvalue weighted by molar-refractivity contribution is -0.137. The molecule has 0 aliphatic heterocycles. The van der Waals surface area contributed by atoms with E-state index in [1.165, 1.54) is 24.3 Å². The topological polar surface area (TPSA) is 49.9 Å². The van der Waals surface area contributed by atoms with E-state index in [-0.39, 0.29) is 4.90 Å². The highest BCUT2D eigenvalue weighted by molar-refractivity contribution is 7.99. The maximum absolute atomic E-state index is 13.5. The minimum atomic E-state index is -4.60. The van der Waals surface area contributed by atoms with Crippen LogP contribution < -0.4 is 5.73 Å². The van der Waals surface area contributed by atoms with Gasteiger partial charge in [-0.3, -0.25) is 5.41 Å². The largest absolute Gasteiger partial charge is 0.417 e. The maximum atomic E-state index is 13.5. The van der Waals surface area contributed by atoms with Gasteiger partial charge in [0.05, 0.1) is 5.56 Å². The second-order valence-electron chi connectivity index (χ2n) is 4.15. The van der Waals surface area contributed by atoms with Crippen LogP contribution in [0.1, 0.15) is 11.1 Å². The molecule has 2 aromatic carbocycles. The molecule has 0 heterocycles. The molecule has 0 amide bonds.